The average Bonchev–Trinajstić information content (AvgIpc) is 3.44. The molecule has 1 aliphatic heterocycles. The first-order valence-electron chi connectivity index (χ1n) is 9.23. The third kappa shape index (κ3) is 3.89. The zero-order valence-corrected chi connectivity index (χ0v) is 15.2. The van der Waals surface area contributed by atoms with Gasteiger partial charge in [-0.05, 0) is 55.7 Å². The van der Waals surface area contributed by atoms with Crippen molar-refractivity contribution in [1.82, 2.24) is 4.90 Å². The average molecular weight is 366 g/mol. The molecule has 2 aliphatic rings. The Labute approximate surface area is 158 Å². The van der Waals surface area contributed by atoms with Gasteiger partial charge in [-0.25, -0.2) is 0 Å². The summed E-state index contributed by atoms with van der Waals surface area (Å²) in [4.78, 5) is 26.7. The topological polar surface area (TPSA) is 67.9 Å². The van der Waals surface area contributed by atoms with Gasteiger partial charge in [-0.2, -0.15) is 0 Å². The number of rotatable bonds is 6. The van der Waals surface area contributed by atoms with Crippen LogP contribution in [0.2, 0.25) is 0 Å². The number of anilines is 1. The molecule has 0 unspecified atom stereocenters. The van der Waals surface area contributed by atoms with Crippen LogP contribution < -0.4 is 14.8 Å². The van der Waals surface area contributed by atoms with Crippen molar-refractivity contribution in [3.8, 4) is 11.5 Å². The molecule has 27 heavy (non-hydrogen) atoms. The first-order chi connectivity index (χ1) is 13.1. The van der Waals surface area contributed by atoms with E-state index in [4.69, 9.17) is 9.47 Å². The molecule has 0 aromatic heterocycles. The molecule has 1 aliphatic carbocycles. The summed E-state index contributed by atoms with van der Waals surface area (Å²) in [6, 6.07) is 12.8. The fourth-order valence-corrected chi connectivity index (χ4v) is 3.09. The van der Waals surface area contributed by atoms with E-state index in [0.717, 1.165) is 24.2 Å². The molecule has 6 heteroatoms. The van der Waals surface area contributed by atoms with E-state index < -0.39 is 0 Å². The van der Waals surface area contributed by atoms with Gasteiger partial charge in [-0.15, -0.1) is 0 Å². The highest BCUT2D eigenvalue weighted by molar-refractivity contribution is 5.98. The summed E-state index contributed by atoms with van der Waals surface area (Å²) in [7, 11) is 0. The molecule has 2 aromatic rings. The van der Waals surface area contributed by atoms with E-state index in [1.54, 1.807) is 23.1 Å². The van der Waals surface area contributed by atoms with Crippen LogP contribution in [-0.4, -0.2) is 30.1 Å². The molecule has 2 aromatic carbocycles. The fourth-order valence-electron chi connectivity index (χ4n) is 3.09. The summed E-state index contributed by atoms with van der Waals surface area (Å²) in [5.74, 6) is 1.53. The molecular weight excluding hydrogens is 344 g/mol. The monoisotopic (exact) mass is 366 g/mol. The summed E-state index contributed by atoms with van der Waals surface area (Å²) < 4.78 is 10.7. The molecule has 0 spiro atoms. The van der Waals surface area contributed by atoms with Crippen molar-refractivity contribution >= 4 is 17.5 Å². The van der Waals surface area contributed by atoms with Crippen LogP contribution in [0.5, 0.6) is 11.5 Å². The lowest BCUT2D eigenvalue weighted by Gasteiger charge is -2.21. The fraction of sp³-hybridized carbons (Fsp3) is 0.333. The first-order valence-corrected chi connectivity index (χ1v) is 9.23. The number of carbonyl (C=O) groups is 2. The number of nitrogens with zero attached hydrogens (tertiary/aromatic N) is 1. The molecule has 0 saturated heterocycles. The Hall–Kier alpha value is -3.02. The van der Waals surface area contributed by atoms with Crippen LogP contribution in [0.4, 0.5) is 5.69 Å². The van der Waals surface area contributed by atoms with E-state index in [1.165, 1.54) is 0 Å². The third-order valence-corrected chi connectivity index (χ3v) is 4.80. The van der Waals surface area contributed by atoms with Crippen LogP contribution in [0, 0.1) is 5.92 Å². The largest absolute Gasteiger partial charge is 0.454 e. The van der Waals surface area contributed by atoms with Crippen LogP contribution in [0.25, 0.3) is 0 Å². The Balaban J connectivity index is 1.47. The molecule has 6 nitrogen and oxygen atoms in total. The molecule has 2 amide bonds. The standard InChI is InChI=1S/C21H22N2O4/c1-2-23(12-14-6-9-18-19(10-14)27-13-26-18)21(25)16-4-3-5-17(11-16)22-20(24)15-7-8-15/h3-6,9-11,15H,2,7-8,12-13H2,1H3,(H,22,24). The summed E-state index contributed by atoms with van der Waals surface area (Å²) in [6.07, 6.45) is 1.90. The second kappa shape index (κ2) is 7.31. The molecule has 1 saturated carbocycles. The number of amides is 2. The number of nitrogens with one attached hydrogen (secondary N) is 1. The third-order valence-electron chi connectivity index (χ3n) is 4.80. The normalized spacial score (nSPS) is 14.7. The predicted octanol–water partition coefficient (Wildman–Crippen LogP) is 3.43. The molecule has 140 valence electrons. The lowest BCUT2D eigenvalue weighted by Crippen LogP contribution is -2.30. The minimum Gasteiger partial charge on any atom is -0.454 e. The van der Waals surface area contributed by atoms with Crippen LogP contribution in [0.15, 0.2) is 42.5 Å². The van der Waals surface area contributed by atoms with E-state index in [-0.39, 0.29) is 24.5 Å². The first kappa shape index (κ1) is 17.4. The van der Waals surface area contributed by atoms with E-state index in [2.05, 4.69) is 5.32 Å². The Morgan fingerprint density at radius 1 is 1.11 bits per heavy atom. The molecule has 1 N–H and O–H groups in total. The zero-order chi connectivity index (χ0) is 18.8. The number of carbonyl (C=O) groups excluding carboxylic acids is 2. The number of ether oxygens (including phenoxy) is 2. The predicted molar refractivity (Wildman–Crippen MR) is 101 cm³/mol. The molecule has 0 radical (unpaired) electrons. The molecule has 0 bridgehead atoms. The highest BCUT2D eigenvalue weighted by Gasteiger charge is 2.29. The van der Waals surface area contributed by atoms with E-state index >= 15 is 0 Å². The maximum atomic E-state index is 13.0. The van der Waals surface area contributed by atoms with Crippen molar-refractivity contribution < 1.29 is 19.1 Å². The number of fused-ring (bicyclic) bond motifs is 1. The van der Waals surface area contributed by atoms with Crippen molar-refractivity contribution in [2.75, 3.05) is 18.7 Å². The van der Waals surface area contributed by atoms with Crippen LogP contribution in [0.3, 0.4) is 0 Å². The summed E-state index contributed by atoms with van der Waals surface area (Å²) in [5, 5.41) is 2.89. The molecule has 0 atom stereocenters. The second-order valence-corrected chi connectivity index (χ2v) is 6.85. The Morgan fingerprint density at radius 2 is 1.93 bits per heavy atom. The van der Waals surface area contributed by atoms with Gasteiger partial charge in [0.1, 0.15) is 0 Å². The van der Waals surface area contributed by atoms with Crippen LogP contribution >= 0.6 is 0 Å². The maximum Gasteiger partial charge on any atom is 0.254 e. The van der Waals surface area contributed by atoms with Crippen molar-refractivity contribution in [3.05, 3.63) is 53.6 Å². The molecule has 1 fully saturated rings. The van der Waals surface area contributed by atoms with Crippen molar-refractivity contribution in [3.63, 3.8) is 0 Å². The molecular formula is C21H22N2O4. The van der Waals surface area contributed by atoms with Gasteiger partial charge >= 0.3 is 0 Å². The smallest absolute Gasteiger partial charge is 0.254 e. The minimum atomic E-state index is -0.0716. The highest BCUT2D eigenvalue weighted by atomic mass is 16.7. The van der Waals surface area contributed by atoms with Gasteiger partial charge in [0.25, 0.3) is 5.91 Å². The summed E-state index contributed by atoms with van der Waals surface area (Å²) in [5.41, 5.74) is 2.20. The quantitative estimate of drug-likeness (QED) is 0.851. The van der Waals surface area contributed by atoms with Gasteiger partial charge in [-0.3, -0.25) is 9.59 Å². The highest BCUT2D eigenvalue weighted by Crippen LogP contribution is 2.33. The number of hydrogen-bond acceptors (Lipinski definition) is 4. The van der Waals surface area contributed by atoms with Gasteiger partial charge in [0.05, 0.1) is 0 Å². The summed E-state index contributed by atoms with van der Waals surface area (Å²) in [6.45, 7) is 3.23. The molecule has 1 heterocycles. The van der Waals surface area contributed by atoms with Gasteiger partial charge in [0, 0.05) is 30.3 Å². The lowest BCUT2D eigenvalue weighted by molar-refractivity contribution is -0.117. The maximum absolute atomic E-state index is 13.0. The van der Waals surface area contributed by atoms with Gasteiger partial charge in [-0.1, -0.05) is 12.1 Å². The number of benzene rings is 2. The van der Waals surface area contributed by atoms with Crippen LogP contribution in [0.1, 0.15) is 35.7 Å². The van der Waals surface area contributed by atoms with E-state index in [0.29, 0.717) is 30.1 Å². The molecule has 4 rings (SSSR count). The Kier molecular flexibility index (Phi) is 4.71. The van der Waals surface area contributed by atoms with Crippen molar-refractivity contribution in [2.24, 2.45) is 5.92 Å². The lowest BCUT2D eigenvalue weighted by atomic mass is 10.1. The zero-order valence-electron chi connectivity index (χ0n) is 15.2. The Bertz CT molecular complexity index is 876. The van der Waals surface area contributed by atoms with Gasteiger partial charge in [0.2, 0.25) is 12.7 Å². The number of hydrogen-bond donors (Lipinski definition) is 1. The van der Waals surface area contributed by atoms with Crippen LogP contribution in [-0.2, 0) is 11.3 Å². The van der Waals surface area contributed by atoms with Crippen molar-refractivity contribution in [2.45, 2.75) is 26.3 Å². The second-order valence-electron chi connectivity index (χ2n) is 6.85. The van der Waals surface area contributed by atoms with Gasteiger partial charge in [0.15, 0.2) is 11.5 Å². The minimum absolute atomic E-state index is 0.0345. The van der Waals surface area contributed by atoms with E-state index in [9.17, 15) is 9.59 Å². The Morgan fingerprint density at radius 3 is 2.70 bits per heavy atom. The summed E-state index contributed by atoms with van der Waals surface area (Å²) >= 11 is 0. The van der Waals surface area contributed by atoms with Crippen molar-refractivity contribution in [1.29, 1.82) is 0 Å². The van der Waals surface area contributed by atoms with E-state index in [1.807, 2.05) is 31.2 Å². The van der Waals surface area contributed by atoms with Gasteiger partial charge < -0.3 is 19.7 Å². The SMILES string of the molecule is CCN(Cc1ccc2c(c1)OCO2)C(=O)c1cccc(NC(=O)C2CC2)c1.